The fourth-order valence-electron chi connectivity index (χ4n) is 3.80. The second-order valence-corrected chi connectivity index (χ2v) is 7.20. The molecule has 5 rings (SSSR count). The van der Waals surface area contributed by atoms with Gasteiger partial charge in [0.2, 0.25) is 0 Å². The first kappa shape index (κ1) is 18.2. The van der Waals surface area contributed by atoms with Crippen LogP contribution in [0.3, 0.4) is 0 Å². The Morgan fingerprint density at radius 3 is 2.70 bits per heavy atom. The summed E-state index contributed by atoms with van der Waals surface area (Å²) in [6.07, 6.45) is 2.04. The molecule has 0 saturated carbocycles. The summed E-state index contributed by atoms with van der Waals surface area (Å²) in [6, 6.07) is 15.2. The summed E-state index contributed by atoms with van der Waals surface area (Å²) < 4.78 is 13.2. The van der Waals surface area contributed by atoms with Crippen molar-refractivity contribution in [1.82, 2.24) is 19.9 Å². The Bertz CT molecular complexity index is 1330. The number of nitrogens with one attached hydrogen (secondary N) is 1. The first-order valence-corrected chi connectivity index (χ1v) is 9.61. The number of H-pyrrole nitrogens is 1. The number of rotatable bonds is 2. The van der Waals surface area contributed by atoms with Gasteiger partial charge in [-0.2, -0.15) is 0 Å². The van der Waals surface area contributed by atoms with Crippen molar-refractivity contribution in [3.05, 3.63) is 93.9 Å². The third-order valence-electron chi connectivity index (χ3n) is 5.35. The van der Waals surface area contributed by atoms with Gasteiger partial charge in [0.05, 0.1) is 12.2 Å². The van der Waals surface area contributed by atoms with E-state index in [2.05, 4.69) is 15.0 Å². The van der Waals surface area contributed by atoms with Crippen LogP contribution in [0.4, 0.5) is 4.39 Å². The van der Waals surface area contributed by atoms with Gasteiger partial charge in [-0.05, 0) is 42.1 Å². The van der Waals surface area contributed by atoms with Crippen molar-refractivity contribution < 1.29 is 9.18 Å². The van der Waals surface area contributed by atoms with Gasteiger partial charge >= 0.3 is 0 Å². The number of amides is 1. The molecule has 0 atom stereocenters. The number of fused-ring (bicyclic) bond motifs is 2. The van der Waals surface area contributed by atoms with Crippen LogP contribution in [0.5, 0.6) is 0 Å². The van der Waals surface area contributed by atoms with Gasteiger partial charge < -0.3 is 9.88 Å². The fraction of sp³-hybridized carbons (Fsp3) is 0.130. The molecule has 6 nitrogen and oxygen atoms in total. The van der Waals surface area contributed by atoms with E-state index in [-0.39, 0.29) is 23.8 Å². The molecule has 4 aromatic rings. The zero-order valence-electron chi connectivity index (χ0n) is 15.9. The van der Waals surface area contributed by atoms with Crippen LogP contribution in [-0.4, -0.2) is 32.3 Å². The smallest absolute Gasteiger partial charge is 0.273 e. The summed E-state index contributed by atoms with van der Waals surface area (Å²) in [5.74, 6) is -0.197. The highest BCUT2D eigenvalue weighted by molar-refractivity contribution is 6.05. The van der Waals surface area contributed by atoms with Gasteiger partial charge in [-0.3, -0.25) is 14.6 Å². The van der Waals surface area contributed by atoms with Gasteiger partial charge in [-0.1, -0.05) is 24.3 Å². The Morgan fingerprint density at radius 2 is 1.87 bits per heavy atom. The van der Waals surface area contributed by atoms with Gasteiger partial charge in [0.25, 0.3) is 11.5 Å². The quantitative estimate of drug-likeness (QED) is 0.560. The molecule has 0 spiro atoms. The highest BCUT2D eigenvalue weighted by Gasteiger charge is 2.27. The maximum atomic E-state index is 13.2. The monoisotopic (exact) mass is 400 g/mol. The van der Waals surface area contributed by atoms with E-state index in [1.807, 2.05) is 30.3 Å². The second kappa shape index (κ2) is 7.18. The van der Waals surface area contributed by atoms with Gasteiger partial charge in [-0.25, -0.2) is 9.37 Å². The molecule has 1 N–H and O–H groups in total. The molecule has 148 valence electrons. The summed E-state index contributed by atoms with van der Waals surface area (Å²) in [6.45, 7) is 0.634. The first-order chi connectivity index (χ1) is 14.6. The molecule has 2 aromatic heterocycles. The van der Waals surface area contributed by atoms with Crippen LogP contribution < -0.4 is 5.56 Å². The van der Waals surface area contributed by atoms with E-state index in [1.54, 1.807) is 23.2 Å². The van der Waals surface area contributed by atoms with Crippen LogP contribution >= 0.6 is 0 Å². The summed E-state index contributed by atoms with van der Waals surface area (Å²) in [4.78, 5) is 39.1. The molecule has 1 aliphatic heterocycles. The van der Waals surface area contributed by atoms with Crippen molar-refractivity contribution in [2.24, 2.45) is 0 Å². The van der Waals surface area contributed by atoms with Crippen molar-refractivity contribution in [2.75, 3.05) is 6.54 Å². The number of hydrogen-bond acceptors (Lipinski definition) is 4. The second-order valence-electron chi connectivity index (χ2n) is 7.20. The van der Waals surface area contributed by atoms with Crippen LogP contribution in [0.15, 0.2) is 65.6 Å². The van der Waals surface area contributed by atoms with Gasteiger partial charge in [0.15, 0.2) is 0 Å². The van der Waals surface area contributed by atoms with Crippen LogP contribution in [-0.2, 0) is 13.0 Å². The predicted octanol–water partition coefficient (Wildman–Crippen LogP) is 3.32. The van der Waals surface area contributed by atoms with Crippen LogP contribution in [0, 0.1) is 5.82 Å². The maximum Gasteiger partial charge on any atom is 0.273 e. The van der Waals surface area contributed by atoms with Gasteiger partial charge in [0.1, 0.15) is 17.3 Å². The van der Waals surface area contributed by atoms with E-state index >= 15 is 0 Å². The normalized spacial score (nSPS) is 13.3. The molecule has 0 fully saturated rings. The number of carbonyl (C=O) groups excluding carboxylic acids is 1. The van der Waals surface area contributed by atoms with E-state index in [0.717, 1.165) is 10.8 Å². The average Bonchev–Trinajstić information content (AvgIpc) is 2.78. The molecule has 1 amide bonds. The van der Waals surface area contributed by atoms with E-state index < -0.39 is 0 Å². The summed E-state index contributed by atoms with van der Waals surface area (Å²) in [5, 5.41) is 1.74. The molecular formula is C23H17FN4O2. The van der Waals surface area contributed by atoms with Crippen LogP contribution in [0.1, 0.15) is 21.7 Å². The molecule has 7 heteroatoms. The van der Waals surface area contributed by atoms with E-state index in [9.17, 15) is 14.0 Å². The lowest BCUT2D eigenvalue weighted by Gasteiger charge is -2.28. The molecule has 0 radical (unpaired) electrons. The maximum absolute atomic E-state index is 13.2. The Kier molecular flexibility index (Phi) is 4.35. The zero-order chi connectivity index (χ0) is 20.7. The molecule has 0 bridgehead atoms. The van der Waals surface area contributed by atoms with Crippen molar-refractivity contribution in [2.45, 2.75) is 13.0 Å². The number of aromatic amines is 1. The highest BCUT2D eigenvalue weighted by atomic mass is 19.1. The van der Waals surface area contributed by atoms with Crippen molar-refractivity contribution in [3.8, 4) is 11.4 Å². The van der Waals surface area contributed by atoms with Crippen LogP contribution in [0.25, 0.3) is 22.2 Å². The Morgan fingerprint density at radius 1 is 1.07 bits per heavy atom. The van der Waals surface area contributed by atoms with Crippen molar-refractivity contribution in [3.63, 3.8) is 0 Å². The number of aromatic nitrogens is 3. The van der Waals surface area contributed by atoms with E-state index in [1.165, 1.54) is 12.1 Å². The van der Waals surface area contributed by atoms with E-state index in [4.69, 9.17) is 0 Å². The molecule has 2 aromatic carbocycles. The third kappa shape index (κ3) is 3.14. The first-order valence-electron chi connectivity index (χ1n) is 9.61. The number of nitrogens with zero attached hydrogens (tertiary/aromatic N) is 3. The molecular weight excluding hydrogens is 383 g/mol. The molecule has 0 aliphatic carbocycles. The minimum absolute atomic E-state index is 0.192. The minimum atomic E-state index is -0.363. The van der Waals surface area contributed by atoms with Crippen molar-refractivity contribution >= 4 is 16.7 Å². The zero-order valence-corrected chi connectivity index (χ0v) is 15.9. The predicted molar refractivity (Wildman–Crippen MR) is 110 cm³/mol. The highest BCUT2D eigenvalue weighted by Crippen LogP contribution is 2.23. The SMILES string of the molecule is O=C(c1nccc2ccccc12)N1CCc2c(nc(-c3ccc(F)cc3)[nH]c2=O)C1. The Hall–Kier alpha value is -3.87. The molecule has 0 unspecified atom stereocenters. The minimum Gasteiger partial charge on any atom is -0.331 e. The molecule has 0 saturated heterocycles. The van der Waals surface area contributed by atoms with Gasteiger partial charge in [-0.15, -0.1) is 0 Å². The fourth-order valence-corrected chi connectivity index (χ4v) is 3.80. The average molecular weight is 400 g/mol. The molecule has 3 heterocycles. The summed E-state index contributed by atoms with van der Waals surface area (Å²) in [7, 11) is 0. The van der Waals surface area contributed by atoms with Gasteiger partial charge in [0, 0.05) is 29.3 Å². The lowest BCUT2D eigenvalue weighted by Crippen LogP contribution is -2.39. The number of carbonyl (C=O) groups is 1. The van der Waals surface area contributed by atoms with E-state index in [0.29, 0.717) is 41.3 Å². The number of hydrogen-bond donors (Lipinski definition) is 1. The Balaban J connectivity index is 1.50. The number of benzene rings is 2. The standard InChI is InChI=1S/C23H17FN4O2/c24-16-7-5-15(6-8-16)21-26-19-13-28(12-10-18(19)22(29)27-21)23(30)20-17-4-2-1-3-14(17)9-11-25-20/h1-9,11H,10,12-13H2,(H,26,27,29). The van der Waals surface area contributed by atoms with Crippen LogP contribution in [0.2, 0.25) is 0 Å². The lowest BCUT2D eigenvalue weighted by atomic mass is 10.0. The number of halogens is 1. The summed E-state index contributed by atoms with van der Waals surface area (Å²) >= 11 is 0. The topological polar surface area (TPSA) is 79.0 Å². The molecule has 30 heavy (non-hydrogen) atoms. The number of pyridine rings is 1. The van der Waals surface area contributed by atoms with Crippen molar-refractivity contribution in [1.29, 1.82) is 0 Å². The summed E-state index contributed by atoms with van der Waals surface area (Å²) in [5.41, 5.74) is 1.90. The lowest BCUT2D eigenvalue weighted by molar-refractivity contribution is 0.0727. The largest absolute Gasteiger partial charge is 0.331 e. The third-order valence-corrected chi connectivity index (χ3v) is 5.35. The Labute approximate surface area is 171 Å². The molecule has 1 aliphatic rings.